The van der Waals surface area contributed by atoms with E-state index in [2.05, 4.69) is 15.9 Å². The molecule has 224 valence electrons. The normalized spacial score (nSPS) is 14.7. The molecule has 1 aliphatic rings. The van der Waals surface area contributed by atoms with Crippen molar-refractivity contribution in [1.29, 1.82) is 0 Å². The summed E-state index contributed by atoms with van der Waals surface area (Å²) in [5.41, 5.74) is 3.38. The van der Waals surface area contributed by atoms with Gasteiger partial charge < -0.3 is 19.3 Å². The molecule has 1 heterocycles. The Balaban J connectivity index is 1.46. The number of hydrogen-bond acceptors (Lipinski definition) is 7. The first-order chi connectivity index (χ1) is 21.3. The van der Waals surface area contributed by atoms with Crippen molar-refractivity contribution in [3.63, 3.8) is 0 Å². The first kappa shape index (κ1) is 30.9. The van der Waals surface area contributed by atoms with E-state index in [1.165, 1.54) is 23.9 Å². The molecule has 0 radical (unpaired) electrons. The molecule has 0 bridgehead atoms. The van der Waals surface area contributed by atoms with Gasteiger partial charge in [0.25, 0.3) is 5.91 Å². The molecular weight excluding hydrogens is 644 g/mol. The van der Waals surface area contributed by atoms with Crippen molar-refractivity contribution in [3.05, 3.63) is 123 Å². The number of rotatable bonds is 11. The van der Waals surface area contributed by atoms with Gasteiger partial charge in [-0.3, -0.25) is 9.69 Å². The summed E-state index contributed by atoms with van der Waals surface area (Å²) in [5.74, 6) is 0.620. The molecule has 1 N–H and O–H groups in total. The summed E-state index contributed by atoms with van der Waals surface area (Å²) in [6.45, 7) is 2.95. The predicted octanol–water partition coefficient (Wildman–Crippen LogP) is 7.94. The third-order valence-electron chi connectivity index (χ3n) is 6.61. The van der Waals surface area contributed by atoms with Crippen molar-refractivity contribution in [3.8, 4) is 17.2 Å². The van der Waals surface area contributed by atoms with Gasteiger partial charge in [0.1, 0.15) is 12.4 Å². The summed E-state index contributed by atoms with van der Waals surface area (Å²) in [6, 6.07) is 27.3. The summed E-state index contributed by atoms with van der Waals surface area (Å²) in [6.07, 6.45) is 1.80. The number of amidine groups is 1. The van der Waals surface area contributed by atoms with E-state index in [1.54, 1.807) is 42.4 Å². The van der Waals surface area contributed by atoms with Crippen LogP contribution in [0.15, 0.2) is 105 Å². The number of aromatic carboxylic acids is 1. The number of methoxy groups -OCH3 is 1. The van der Waals surface area contributed by atoms with Gasteiger partial charge in [-0.1, -0.05) is 58.4 Å². The van der Waals surface area contributed by atoms with Gasteiger partial charge in [-0.2, -0.15) is 0 Å². The Bertz CT molecular complexity index is 1710. The van der Waals surface area contributed by atoms with Crippen LogP contribution in [0.4, 0.5) is 5.69 Å². The molecule has 5 rings (SSSR count). The van der Waals surface area contributed by atoms with Crippen molar-refractivity contribution in [2.45, 2.75) is 20.1 Å². The maximum Gasteiger partial charge on any atom is 0.335 e. The van der Waals surface area contributed by atoms with Crippen LogP contribution in [0.2, 0.25) is 0 Å². The number of aliphatic imine (C=N–C) groups is 1. The van der Waals surface area contributed by atoms with Gasteiger partial charge in [0, 0.05) is 4.47 Å². The average molecular weight is 674 g/mol. The van der Waals surface area contributed by atoms with Crippen LogP contribution >= 0.6 is 27.7 Å². The second kappa shape index (κ2) is 14.3. The molecule has 10 heteroatoms. The molecule has 0 saturated carbocycles. The third kappa shape index (κ3) is 7.50. The van der Waals surface area contributed by atoms with Crippen LogP contribution < -0.4 is 14.2 Å². The molecular formula is C34H29BrN2O6S. The lowest BCUT2D eigenvalue weighted by molar-refractivity contribution is -0.122. The SMILES string of the molecule is CCOc1cc(/C=C2\SC(=Nc3ccc(OC)cc3)N(Cc3ccc(C(=O)O)cc3)C2=O)c(Br)cc1OCc1ccccc1. The zero-order valence-corrected chi connectivity index (χ0v) is 26.4. The van der Waals surface area contributed by atoms with Crippen molar-refractivity contribution < 1.29 is 28.9 Å². The highest BCUT2D eigenvalue weighted by molar-refractivity contribution is 9.10. The summed E-state index contributed by atoms with van der Waals surface area (Å²) < 4.78 is 18.0. The summed E-state index contributed by atoms with van der Waals surface area (Å²) in [5, 5.41) is 9.77. The lowest BCUT2D eigenvalue weighted by Crippen LogP contribution is -2.28. The lowest BCUT2D eigenvalue weighted by Gasteiger charge is -2.16. The molecule has 1 amide bonds. The minimum Gasteiger partial charge on any atom is -0.497 e. The van der Waals surface area contributed by atoms with E-state index in [0.29, 0.717) is 46.2 Å². The third-order valence-corrected chi connectivity index (χ3v) is 8.31. The molecule has 0 aliphatic carbocycles. The summed E-state index contributed by atoms with van der Waals surface area (Å²) in [7, 11) is 1.60. The zero-order chi connectivity index (χ0) is 31.1. The van der Waals surface area contributed by atoms with Crippen LogP contribution in [0, 0.1) is 0 Å². The smallest absolute Gasteiger partial charge is 0.335 e. The number of benzene rings is 4. The molecule has 4 aromatic carbocycles. The molecule has 44 heavy (non-hydrogen) atoms. The van der Waals surface area contributed by atoms with Gasteiger partial charge in [-0.25, -0.2) is 9.79 Å². The second-order valence-corrected chi connectivity index (χ2v) is 11.5. The van der Waals surface area contributed by atoms with Crippen LogP contribution in [-0.4, -0.2) is 40.8 Å². The Morgan fingerprint density at radius 3 is 2.32 bits per heavy atom. The number of halogens is 1. The van der Waals surface area contributed by atoms with Gasteiger partial charge in [0.2, 0.25) is 0 Å². The molecule has 1 aliphatic heterocycles. The molecule has 0 atom stereocenters. The number of carboxylic acids is 1. The number of hydrogen-bond donors (Lipinski definition) is 1. The Labute approximate surface area is 268 Å². The second-order valence-electron chi connectivity index (χ2n) is 9.62. The fourth-order valence-electron chi connectivity index (χ4n) is 4.35. The quantitative estimate of drug-likeness (QED) is 0.162. The van der Waals surface area contributed by atoms with E-state index >= 15 is 0 Å². The standard InChI is InChI=1S/C34H29BrN2O6S/c1-3-42-29-17-25(28(35)19-30(29)43-21-23-7-5-4-6-8-23)18-31-32(38)37(20-22-9-11-24(12-10-22)33(39)40)34(44-31)36-26-13-15-27(41-2)16-14-26/h4-19H,3,20-21H2,1-2H3,(H,39,40)/b31-18-,36-34?. The molecule has 1 saturated heterocycles. The number of carboxylic acid groups (broad SMARTS) is 1. The average Bonchev–Trinajstić information content (AvgIpc) is 3.31. The van der Waals surface area contributed by atoms with E-state index in [0.717, 1.165) is 21.2 Å². The number of ether oxygens (including phenoxy) is 3. The first-order valence-corrected chi connectivity index (χ1v) is 15.3. The van der Waals surface area contributed by atoms with Crippen LogP contribution in [0.1, 0.15) is 34.0 Å². The maximum atomic E-state index is 13.8. The van der Waals surface area contributed by atoms with Gasteiger partial charge in [-0.15, -0.1) is 0 Å². The summed E-state index contributed by atoms with van der Waals surface area (Å²) >= 11 is 4.91. The lowest BCUT2D eigenvalue weighted by atomic mass is 10.1. The highest BCUT2D eigenvalue weighted by Crippen LogP contribution is 2.39. The van der Waals surface area contributed by atoms with Gasteiger partial charge in [0.05, 0.1) is 36.4 Å². The number of carbonyl (C=O) groups is 2. The fourth-order valence-corrected chi connectivity index (χ4v) is 5.78. The van der Waals surface area contributed by atoms with Gasteiger partial charge in [0.15, 0.2) is 16.7 Å². The molecule has 1 fully saturated rings. The van der Waals surface area contributed by atoms with E-state index in [4.69, 9.17) is 19.2 Å². The van der Waals surface area contributed by atoms with Gasteiger partial charge >= 0.3 is 5.97 Å². The van der Waals surface area contributed by atoms with Crippen molar-refractivity contribution in [1.82, 2.24) is 4.90 Å². The van der Waals surface area contributed by atoms with Crippen LogP contribution in [-0.2, 0) is 17.9 Å². The minimum absolute atomic E-state index is 0.176. The number of nitrogens with zero attached hydrogens (tertiary/aromatic N) is 2. The van der Waals surface area contributed by atoms with Gasteiger partial charge in [-0.05, 0) is 90.0 Å². The van der Waals surface area contributed by atoms with E-state index < -0.39 is 5.97 Å². The Morgan fingerprint density at radius 2 is 1.66 bits per heavy atom. The molecule has 0 spiro atoms. The van der Waals surface area contributed by atoms with Crippen molar-refractivity contribution >= 4 is 56.5 Å². The highest BCUT2D eigenvalue weighted by Gasteiger charge is 2.34. The Morgan fingerprint density at radius 1 is 0.955 bits per heavy atom. The maximum absolute atomic E-state index is 13.8. The van der Waals surface area contributed by atoms with Crippen molar-refractivity contribution in [2.24, 2.45) is 4.99 Å². The highest BCUT2D eigenvalue weighted by atomic mass is 79.9. The fraction of sp³-hybridized carbons (Fsp3) is 0.147. The van der Waals surface area contributed by atoms with E-state index in [1.807, 2.05) is 61.5 Å². The van der Waals surface area contributed by atoms with Crippen LogP contribution in [0.3, 0.4) is 0 Å². The molecule has 0 unspecified atom stereocenters. The van der Waals surface area contributed by atoms with Crippen molar-refractivity contribution in [2.75, 3.05) is 13.7 Å². The number of carbonyl (C=O) groups excluding carboxylic acids is 1. The van der Waals surface area contributed by atoms with E-state index in [-0.39, 0.29) is 18.0 Å². The zero-order valence-electron chi connectivity index (χ0n) is 24.0. The van der Waals surface area contributed by atoms with E-state index in [9.17, 15) is 14.7 Å². The summed E-state index contributed by atoms with van der Waals surface area (Å²) in [4.78, 5) is 32.0. The van der Waals surface area contributed by atoms with Crippen LogP contribution in [0.5, 0.6) is 17.2 Å². The number of thioether (sulfide) groups is 1. The predicted molar refractivity (Wildman–Crippen MR) is 176 cm³/mol. The molecule has 0 aromatic heterocycles. The Hall–Kier alpha value is -4.54. The molecule has 8 nitrogen and oxygen atoms in total. The Kier molecular flexibility index (Phi) is 10.0. The number of amides is 1. The topological polar surface area (TPSA) is 97.7 Å². The minimum atomic E-state index is -1.01. The van der Waals surface area contributed by atoms with Crippen LogP contribution in [0.25, 0.3) is 6.08 Å². The largest absolute Gasteiger partial charge is 0.497 e. The molecule has 4 aromatic rings. The first-order valence-electron chi connectivity index (χ1n) is 13.7. The monoisotopic (exact) mass is 672 g/mol.